The highest BCUT2D eigenvalue weighted by molar-refractivity contribution is 5.96. The Morgan fingerprint density at radius 1 is 1.19 bits per heavy atom. The van der Waals surface area contributed by atoms with Crippen molar-refractivity contribution in [2.24, 2.45) is 5.73 Å². The third-order valence-corrected chi connectivity index (χ3v) is 2.93. The van der Waals surface area contributed by atoms with Gasteiger partial charge in [0.05, 0.1) is 13.0 Å². The molecule has 2 aromatic rings. The number of fused-ring (bicyclic) bond motifs is 1. The van der Waals surface area contributed by atoms with E-state index in [1.165, 1.54) is 6.08 Å². The number of carbonyl (C=O) groups is 2. The minimum atomic E-state index is -1.04. The lowest BCUT2D eigenvalue weighted by atomic mass is 10.0. The van der Waals surface area contributed by atoms with Gasteiger partial charge >= 0.3 is 5.97 Å². The molecule has 0 saturated heterocycles. The van der Waals surface area contributed by atoms with Gasteiger partial charge in [0.15, 0.2) is 0 Å². The summed E-state index contributed by atoms with van der Waals surface area (Å²) in [6, 6.07) is 11.2. The van der Waals surface area contributed by atoms with Crippen molar-refractivity contribution in [1.29, 1.82) is 0 Å². The minimum absolute atomic E-state index is 0.106. The van der Waals surface area contributed by atoms with E-state index in [4.69, 9.17) is 15.6 Å². The second-order valence-corrected chi connectivity index (χ2v) is 4.43. The lowest BCUT2D eigenvalue weighted by Crippen LogP contribution is -2.14. The van der Waals surface area contributed by atoms with Gasteiger partial charge in [-0.25, -0.2) is 4.79 Å². The lowest BCUT2D eigenvalue weighted by molar-refractivity contribution is -0.131. The Balaban J connectivity index is 2.40. The average molecular weight is 285 g/mol. The third-order valence-electron chi connectivity index (χ3n) is 2.93. The summed E-state index contributed by atoms with van der Waals surface area (Å²) in [5.41, 5.74) is 5.74. The van der Waals surface area contributed by atoms with Crippen molar-refractivity contribution >= 4 is 28.7 Å². The Hall–Kier alpha value is -2.82. The van der Waals surface area contributed by atoms with Crippen molar-refractivity contribution in [3.8, 4) is 5.75 Å². The Labute approximate surface area is 121 Å². The quantitative estimate of drug-likeness (QED) is 0.796. The Morgan fingerprint density at radius 3 is 2.67 bits per heavy atom. The summed E-state index contributed by atoms with van der Waals surface area (Å²) in [7, 11) is 0. The second kappa shape index (κ2) is 6.56. The summed E-state index contributed by atoms with van der Waals surface area (Å²) in [4.78, 5) is 21.5. The molecule has 0 heterocycles. The molecular weight excluding hydrogens is 270 g/mol. The summed E-state index contributed by atoms with van der Waals surface area (Å²) in [6.45, 7) is 0.154. The van der Waals surface area contributed by atoms with Crippen molar-refractivity contribution in [3.63, 3.8) is 0 Å². The highest BCUT2D eigenvalue weighted by Crippen LogP contribution is 2.29. The molecule has 2 aromatic carbocycles. The van der Waals surface area contributed by atoms with Crippen LogP contribution in [0.3, 0.4) is 0 Å². The molecule has 5 nitrogen and oxygen atoms in total. The topological polar surface area (TPSA) is 89.6 Å². The van der Waals surface area contributed by atoms with E-state index in [0.29, 0.717) is 11.3 Å². The average Bonchev–Trinajstić information content (AvgIpc) is 2.45. The van der Waals surface area contributed by atoms with Crippen LogP contribution in [0.1, 0.15) is 12.0 Å². The van der Waals surface area contributed by atoms with E-state index in [1.54, 1.807) is 6.07 Å². The maximum absolute atomic E-state index is 10.8. The Morgan fingerprint density at radius 2 is 1.95 bits per heavy atom. The number of amides is 1. The summed E-state index contributed by atoms with van der Waals surface area (Å²) >= 11 is 0. The summed E-state index contributed by atoms with van der Waals surface area (Å²) < 4.78 is 5.54. The maximum atomic E-state index is 10.8. The number of carbonyl (C=O) groups excluding carboxylic acids is 1. The first-order chi connectivity index (χ1) is 10.1. The van der Waals surface area contributed by atoms with Crippen molar-refractivity contribution in [2.75, 3.05) is 6.61 Å². The first kappa shape index (κ1) is 14.6. The van der Waals surface area contributed by atoms with Crippen LogP contribution in [0.5, 0.6) is 5.75 Å². The Kier molecular flexibility index (Phi) is 4.56. The van der Waals surface area contributed by atoms with E-state index in [-0.39, 0.29) is 13.0 Å². The SMILES string of the molecule is NC(=O)CCOc1ccc2ccccc2c1/C=C/C(=O)O. The van der Waals surface area contributed by atoms with Crippen LogP contribution in [0.4, 0.5) is 0 Å². The summed E-state index contributed by atoms with van der Waals surface area (Å²) in [5, 5.41) is 10.7. The number of ether oxygens (including phenoxy) is 1. The molecule has 0 saturated carbocycles. The fourth-order valence-electron chi connectivity index (χ4n) is 1.99. The first-order valence-electron chi connectivity index (χ1n) is 6.42. The molecule has 3 N–H and O–H groups in total. The highest BCUT2D eigenvalue weighted by Gasteiger charge is 2.07. The van der Waals surface area contributed by atoms with Crippen LogP contribution in [0.25, 0.3) is 16.8 Å². The lowest BCUT2D eigenvalue weighted by Gasteiger charge is -2.11. The number of carboxylic acids is 1. The highest BCUT2D eigenvalue weighted by atomic mass is 16.5. The van der Waals surface area contributed by atoms with Gasteiger partial charge in [-0.05, 0) is 22.9 Å². The van der Waals surface area contributed by atoms with E-state index in [0.717, 1.165) is 16.8 Å². The van der Waals surface area contributed by atoms with Crippen molar-refractivity contribution in [3.05, 3.63) is 48.0 Å². The Bertz CT molecular complexity index is 706. The van der Waals surface area contributed by atoms with Crippen molar-refractivity contribution in [2.45, 2.75) is 6.42 Å². The summed E-state index contributed by atoms with van der Waals surface area (Å²) in [5.74, 6) is -0.961. The van der Waals surface area contributed by atoms with Crippen molar-refractivity contribution in [1.82, 2.24) is 0 Å². The molecule has 0 aromatic heterocycles. The molecule has 0 unspecified atom stereocenters. The molecular formula is C16H15NO4. The van der Waals surface area contributed by atoms with Crippen LogP contribution in [-0.2, 0) is 9.59 Å². The van der Waals surface area contributed by atoms with Gasteiger partial charge < -0.3 is 15.6 Å². The van der Waals surface area contributed by atoms with Crippen LogP contribution in [0.15, 0.2) is 42.5 Å². The fraction of sp³-hybridized carbons (Fsp3) is 0.125. The predicted molar refractivity (Wildman–Crippen MR) is 79.9 cm³/mol. The van der Waals surface area contributed by atoms with Crippen LogP contribution >= 0.6 is 0 Å². The number of carboxylic acid groups (broad SMARTS) is 1. The zero-order chi connectivity index (χ0) is 15.2. The predicted octanol–water partition coefficient (Wildman–Crippen LogP) is 2.19. The van der Waals surface area contributed by atoms with E-state index >= 15 is 0 Å². The maximum Gasteiger partial charge on any atom is 0.328 e. The molecule has 0 aliphatic heterocycles. The van der Waals surface area contributed by atoms with E-state index < -0.39 is 11.9 Å². The molecule has 0 atom stereocenters. The van der Waals surface area contributed by atoms with E-state index in [2.05, 4.69) is 0 Å². The summed E-state index contributed by atoms with van der Waals surface area (Å²) in [6.07, 6.45) is 2.65. The molecule has 1 amide bonds. The van der Waals surface area contributed by atoms with E-state index in [9.17, 15) is 9.59 Å². The zero-order valence-electron chi connectivity index (χ0n) is 11.3. The smallest absolute Gasteiger partial charge is 0.328 e. The standard InChI is InChI=1S/C16H15NO4/c17-15(18)9-10-21-14-7-5-11-3-1-2-4-12(11)13(14)6-8-16(19)20/h1-8H,9-10H2,(H2,17,18)(H,19,20)/b8-6+. The number of nitrogens with two attached hydrogens (primary N) is 1. The van der Waals surface area contributed by atoms with Gasteiger partial charge in [0.25, 0.3) is 0 Å². The normalized spacial score (nSPS) is 10.9. The van der Waals surface area contributed by atoms with Crippen LogP contribution in [0.2, 0.25) is 0 Å². The number of rotatable bonds is 6. The molecule has 2 rings (SSSR count). The molecule has 0 aliphatic rings. The number of hydrogen-bond donors (Lipinski definition) is 2. The number of primary amides is 1. The van der Waals surface area contributed by atoms with Crippen molar-refractivity contribution < 1.29 is 19.4 Å². The largest absolute Gasteiger partial charge is 0.492 e. The van der Waals surface area contributed by atoms with Crippen LogP contribution in [-0.4, -0.2) is 23.6 Å². The number of hydrogen-bond acceptors (Lipinski definition) is 3. The monoisotopic (exact) mass is 285 g/mol. The van der Waals surface area contributed by atoms with Crippen LogP contribution < -0.4 is 10.5 Å². The van der Waals surface area contributed by atoms with Gasteiger partial charge in [-0.15, -0.1) is 0 Å². The van der Waals surface area contributed by atoms with Gasteiger partial charge in [-0.3, -0.25) is 4.79 Å². The van der Waals surface area contributed by atoms with Gasteiger partial charge in [-0.2, -0.15) is 0 Å². The molecule has 0 bridgehead atoms. The third kappa shape index (κ3) is 3.82. The van der Waals surface area contributed by atoms with Gasteiger partial charge in [0.1, 0.15) is 5.75 Å². The molecule has 0 fully saturated rings. The first-order valence-corrected chi connectivity index (χ1v) is 6.42. The molecule has 0 aliphatic carbocycles. The minimum Gasteiger partial charge on any atom is -0.492 e. The molecule has 5 heteroatoms. The van der Waals surface area contributed by atoms with Gasteiger partial charge in [0.2, 0.25) is 5.91 Å². The molecule has 0 spiro atoms. The fourth-order valence-corrected chi connectivity index (χ4v) is 1.99. The molecule has 108 valence electrons. The number of aliphatic carboxylic acids is 1. The van der Waals surface area contributed by atoms with E-state index in [1.807, 2.05) is 30.3 Å². The molecule has 0 radical (unpaired) electrons. The van der Waals surface area contributed by atoms with Gasteiger partial charge in [0, 0.05) is 11.6 Å². The van der Waals surface area contributed by atoms with Gasteiger partial charge in [-0.1, -0.05) is 30.3 Å². The number of benzene rings is 2. The zero-order valence-corrected chi connectivity index (χ0v) is 11.3. The second-order valence-electron chi connectivity index (χ2n) is 4.43. The molecule has 21 heavy (non-hydrogen) atoms. The van der Waals surface area contributed by atoms with Crippen LogP contribution in [0, 0.1) is 0 Å².